The molecule has 1 N–H and O–H groups in total. The number of hydrogen-bond donors (Lipinski definition) is 1. The summed E-state index contributed by atoms with van der Waals surface area (Å²) < 4.78 is 16.6. The number of para-hydroxylation sites is 2. The predicted octanol–water partition coefficient (Wildman–Crippen LogP) is 5.50. The van der Waals surface area contributed by atoms with Crippen molar-refractivity contribution in [2.45, 2.75) is 53.1 Å². The average Bonchev–Trinajstić information content (AvgIpc) is 2.83. The molecule has 2 aromatic rings. The molecule has 1 aliphatic rings. The first-order chi connectivity index (χ1) is 16.8. The predicted molar refractivity (Wildman–Crippen MR) is 134 cm³/mol. The molecule has 7 nitrogen and oxygen atoms in total. The molecule has 3 atom stereocenters. The van der Waals surface area contributed by atoms with Crippen LogP contribution in [0.2, 0.25) is 0 Å². The topological polar surface area (TPSA) is 90.9 Å². The van der Waals surface area contributed by atoms with Crippen LogP contribution < -0.4 is 10.1 Å². The minimum atomic E-state index is -0.761. The molecular weight excluding hydrogens is 446 g/mol. The second-order valence-corrected chi connectivity index (χ2v) is 9.37. The molecule has 1 amide bonds. The fraction of sp³-hybridized carbons (Fsp3) is 0.464. The Hall–Kier alpha value is -3.35. The van der Waals surface area contributed by atoms with Crippen molar-refractivity contribution in [2.75, 3.05) is 18.5 Å². The normalized spacial score (nSPS) is 19.6. The second kappa shape index (κ2) is 12.4. The number of benzene rings is 2. The number of ether oxygens (including phenoxy) is 3. The van der Waals surface area contributed by atoms with Gasteiger partial charge in [-0.3, -0.25) is 4.79 Å². The monoisotopic (exact) mass is 481 g/mol. The van der Waals surface area contributed by atoms with E-state index in [0.717, 1.165) is 19.3 Å². The summed E-state index contributed by atoms with van der Waals surface area (Å²) in [5.41, 5.74) is 0.700. The van der Waals surface area contributed by atoms with E-state index in [1.807, 2.05) is 6.92 Å². The molecule has 1 saturated carbocycles. The number of esters is 2. The SMILES string of the molecule is CCOc1ccccc1NC(=O)COC(=O)c1ccccc1C(=O)O[C@@H]1C[C@H](C)CC[C@@H]1C(C)C. The Morgan fingerprint density at radius 3 is 2.31 bits per heavy atom. The fourth-order valence-corrected chi connectivity index (χ4v) is 4.54. The van der Waals surface area contributed by atoms with Gasteiger partial charge in [-0.25, -0.2) is 9.59 Å². The van der Waals surface area contributed by atoms with Crippen molar-refractivity contribution in [3.8, 4) is 5.75 Å². The maximum absolute atomic E-state index is 13.1. The summed E-state index contributed by atoms with van der Waals surface area (Å²) in [7, 11) is 0. The third kappa shape index (κ3) is 7.07. The summed E-state index contributed by atoms with van der Waals surface area (Å²) in [6.45, 7) is 8.25. The molecule has 1 fully saturated rings. The van der Waals surface area contributed by atoms with E-state index in [2.05, 4.69) is 26.1 Å². The van der Waals surface area contributed by atoms with Crippen LogP contribution in [-0.2, 0) is 14.3 Å². The highest BCUT2D eigenvalue weighted by molar-refractivity contribution is 6.04. The van der Waals surface area contributed by atoms with E-state index < -0.39 is 24.5 Å². The molecule has 0 aliphatic heterocycles. The van der Waals surface area contributed by atoms with Gasteiger partial charge in [0.05, 0.1) is 23.4 Å². The van der Waals surface area contributed by atoms with Gasteiger partial charge in [-0.15, -0.1) is 0 Å². The zero-order valence-electron chi connectivity index (χ0n) is 20.9. The van der Waals surface area contributed by atoms with E-state index >= 15 is 0 Å². The minimum absolute atomic E-state index is 0.0740. The molecule has 0 spiro atoms. The third-order valence-corrected chi connectivity index (χ3v) is 6.38. The van der Waals surface area contributed by atoms with Crippen molar-refractivity contribution in [1.29, 1.82) is 0 Å². The van der Waals surface area contributed by atoms with Gasteiger partial charge in [0.1, 0.15) is 11.9 Å². The van der Waals surface area contributed by atoms with Crippen LogP contribution in [0, 0.1) is 17.8 Å². The largest absolute Gasteiger partial charge is 0.492 e. The van der Waals surface area contributed by atoms with E-state index in [0.29, 0.717) is 29.9 Å². The Morgan fingerprint density at radius 1 is 0.971 bits per heavy atom. The summed E-state index contributed by atoms with van der Waals surface area (Å²) >= 11 is 0. The lowest BCUT2D eigenvalue weighted by Gasteiger charge is -2.36. The lowest BCUT2D eigenvalue weighted by molar-refractivity contribution is -0.119. The molecule has 0 heterocycles. The first-order valence-electron chi connectivity index (χ1n) is 12.3. The van der Waals surface area contributed by atoms with Gasteiger partial charge >= 0.3 is 11.9 Å². The van der Waals surface area contributed by atoms with Crippen LogP contribution in [0.1, 0.15) is 67.7 Å². The molecule has 0 saturated heterocycles. The Bertz CT molecular complexity index is 1030. The van der Waals surface area contributed by atoms with Gasteiger partial charge in [-0.05, 0) is 61.8 Å². The van der Waals surface area contributed by atoms with Crippen molar-refractivity contribution in [3.63, 3.8) is 0 Å². The highest BCUT2D eigenvalue weighted by atomic mass is 16.5. The van der Waals surface area contributed by atoms with Gasteiger partial charge in [0.25, 0.3) is 5.91 Å². The van der Waals surface area contributed by atoms with Gasteiger partial charge in [-0.2, -0.15) is 0 Å². The van der Waals surface area contributed by atoms with Crippen molar-refractivity contribution in [3.05, 3.63) is 59.7 Å². The Kier molecular flexibility index (Phi) is 9.29. The van der Waals surface area contributed by atoms with Gasteiger partial charge in [0.2, 0.25) is 0 Å². The Labute approximate surface area is 207 Å². The number of hydrogen-bond acceptors (Lipinski definition) is 6. The summed E-state index contributed by atoms with van der Waals surface area (Å²) in [6, 6.07) is 13.4. The summed E-state index contributed by atoms with van der Waals surface area (Å²) in [5, 5.41) is 2.68. The Balaban J connectivity index is 1.64. The van der Waals surface area contributed by atoms with Gasteiger partial charge in [0.15, 0.2) is 6.61 Å². The fourth-order valence-electron chi connectivity index (χ4n) is 4.54. The number of amides is 1. The van der Waals surface area contributed by atoms with Crippen LogP contribution in [-0.4, -0.2) is 37.2 Å². The van der Waals surface area contributed by atoms with Crippen molar-refractivity contribution < 1.29 is 28.6 Å². The maximum atomic E-state index is 13.1. The highest BCUT2D eigenvalue weighted by Gasteiger charge is 2.34. The molecule has 1 aliphatic carbocycles. The van der Waals surface area contributed by atoms with E-state index in [4.69, 9.17) is 14.2 Å². The van der Waals surface area contributed by atoms with Crippen LogP contribution in [0.5, 0.6) is 5.75 Å². The van der Waals surface area contributed by atoms with Crippen molar-refractivity contribution in [1.82, 2.24) is 0 Å². The number of carbonyl (C=O) groups excluding carboxylic acids is 3. The molecule has 3 rings (SSSR count). The second-order valence-electron chi connectivity index (χ2n) is 9.37. The number of rotatable bonds is 9. The molecule has 188 valence electrons. The highest BCUT2D eigenvalue weighted by Crippen LogP contribution is 2.36. The quantitative estimate of drug-likeness (QED) is 0.476. The van der Waals surface area contributed by atoms with Crippen LogP contribution in [0.3, 0.4) is 0 Å². The van der Waals surface area contributed by atoms with E-state index in [9.17, 15) is 14.4 Å². The van der Waals surface area contributed by atoms with Crippen molar-refractivity contribution in [2.24, 2.45) is 17.8 Å². The molecule has 0 aromatic heterocycles. The smallest absolute Gasteiger partial charge is 0.339 e. The molecule has 7 heteroatoms. The van der Waals surface area contributed by atoms with Gasteiger partial charge < -0.3 is 19.5 Å². The third-order valence-electron chi connectivity index (χ3n) is 6.38. The van der Waals surface area contributed by atoms with Crippen LogP contribution in [0.4, 0.5) is 5.69 Å². The molecule has 0 unspecified atom stereocenters. The van der Waals surface area contributed by atoms with Crippen LogP contribution >= 0.6 is 0 Å². The lowest BCUT2D eigenvalue weighted by atomic mass is 9.75. The van der Waals surface area contributed by atoms with Gasteiger partial charge in [0, 0.05) is 0 Å². The van der Waals surface area contributed by atoms with Gasteiger partial charge in [-0.1, -0.05) is 51.5 Å². The van der Waals surface area contributed by atoms with E-state index in [1.165, 1.54) is 6.07 Å². The minimum Gasteiger partial charge on any atom is -0.492 e. The molecular formula is C28H35NO6. The molecule has 35 heavy (non-hydrogen) atoms. The number of nitrogens with one attached hydrogen (secondary N) is 1. The summed E-state index contributed by atoms with van der Waals surface area (Å²) in [4.78, 5) is 38.2. The van der Waals surface area contributed by atoms with E-state index in [1.54, 1.807) is 42.5 Å². The molecule has 0 radical (unpaired) electrons. The lowest BCUT2D eigenvalue weighted by Crippen LogP contribution is -2.36. The molecule has 0 bridgehead atoms. The number of anilines is 1. The number of carbonyl (C=O) groups is 3. The summed E-state index contributed by atoms with van der Waals surface area (Å²) in [6.07, 6.45) is 2.76. The van der Waals surface area contributed by atoms with E-state index in [-0.39, 0.29) is 23.1 Å². The standard InChI is InChI=1S/C28H35NO6/c1-5-33-24-13-9-8-12-23(24)29-26(30)17-34-27(31)21-10-6-7-11-22(21)28(32)35-25-16-19(4)14-15-20(25)18(2)3/h6-13,18-20,25H,5,14-17H2,1-4H3,(H,29,30)/t19-,20-,25-/m1/s1. The Morgan fingerprint density at radius 2 is 1.63 bits per heavy atom. The average molecular weight is 482 g/mol. The zero-order chi connectivity index (χ0) is 25.4. The van der Waals surface area contributed by atoms with Crippen LogP contribution in [0.25, 0.3) is 0 Å². The first-order valence-corrected chi connectivity index (χ1v) is 12.3. The van der Waals surface area contributed by atoms with Crippen molar-refractivity contribution >= 4 is 23.5 Å². The maximum Gasteiger partial charge on any atom is 0.339 e. The summed E-state index contributed by atoms with van der Waals surface area (Å²) in [5.74, 6) is -0.125. The zero-order valence-corrected chi connectivity index (χ0v) is 20.9. The first kappa shape index (κ1) is 26.3. The molecule has 2 aromatic carbocycles. The van der Waals surface area contributed by atoms with Crippen LogP contribution in [0.15, 0.2) is 48.5 Å².